The van der Waals surface area contributed by atoms with E-state index in [1.807, 2.05) is 6.07 Å². The molecule has 1 fully saturated rings. The summed E-state index contributed by atoms with van der Waals surface area (Å²) < 4.78 is 1.66. The highest BCUT2D eigenvalue weighted by Gasteiger charge is 2.17. The Hall–Kier alpha value is -1.75. The molecule has 5 nitrogen and oxygen atoms in total. The van der Waals surface area contributed by atoms with Gasteiger partial charge in [0.25, 0.3) is 0 Å². The first-order valence-corrected chi connectivity index (χ1v) is 6.37. The number of piperidine rings is 1. The van der Waals surface area contributed by atoms with E-state index < -0.39 is 0 Å². The summed E-state index contributed by atoms with van der Waals surface area (Å²) in [6.07, 6.45) is 2.27. The van der Waals surface area contributed by atoms with Crippen molar-refractivity contribution in [3.63, 3.8) is 0 Å². The van der Waals surface area contributed by atoms with E-state index in [2.05, 4.69) is 10.3 Å². The minimum atomic E-state index is -0.142. The summed E-state index contributed by atoms with van der Waals surface area (Å²) in [5.41, 5.74) is 1.17. The highest BCUT2D eigenvalue weighted by Crippen LogP contribution is 2.23. The summed E-state index contributed by atoms with van der Waals surface area (Å²) in [5, 5.41) is 13.2. The predicted octanol–water partition coefficient (Wildman–Crippen LogP) is 1.03. The van der Waals surface area contributed by atoms with Crippen LogP contribution in [0.2, 0.25) is 0 Å². The topological polar surface area (TPSA) is 70.0 Å². The van der Waals surface area contributed by atoms with Crippen LogP contribution in [0.15, 0.2) is 23.0 Å². The number of aromatic hydroxyl groups is 1. The number of phenols is 1. The summed E-state index contributed by atoms with van der Waals surface area (Å²) >= 11 is 0. The lowest BCUT2D eigenvalue weighted by Crippen LogP contribution is -2.34. The second kappa shape index (κ2) is 4.49. The van der Waals surface area contributed by atoms with Gasteiger partial charge in [-0.2, -0.15) is 0 Å². The van der Waals surface area contributed by atoms with Crippen LogP contribution in [0.3, 0.4) is 0 Å². The molecule has 2 aromatic rings. The van der Waals surface area contributed by atoms with Crippen molar-refractivity contribution >= 4 is 11.0 Å². The van der Waals surface area contributed by atoms with Crippen LogP contribution in [-0.2, 0) is 6.54 Å². The summed E-state index contributed by atoms with van der Waals surface area (Å²) in [5.74, 6) is 0.615. The van der Waals surface area contributed by atoms with Gasteiger partial charge < -0.3 is 15.4 Å². The van der Waals surface area contributed by atoms with Crippen LogP contribution >= 0.6 is 0 Å². The molecule has 1 aromatic carbocycles. The number of fused-ring (bicyclic) bond motifs is 1. The Bertz CT molecular complexity index is 608. The Morgan fingerprint density at radius 3 is 3.11 bits per heavy atom. The lowest BCUT2D eigenvalue weighted by atomic mass is 10.00. The lowest BCUT2D eigenvalue weighted by molar-refractivity contribution is 0.336. The van der Waals surface area contributed by atoms with Crippen molar-refractivity contribution in [1.82, 2.24) is 14.9 Å². The van der Waals surface area contributed by atoms with Crippen LogP contribution in [-0.4, -0.2) is 27.7 Å². The summed E-state index contributed by atoms with van der Waals surface area (Å²) in [7, 11) is 0. The van der Waals surface area contributed by atoms with Crippen molar-refractivity contribution in [2.75, 3.05) is 13.1 Å². The number of aromatic amines is 1. The van der Waals surface area contributed by atoms with E-state index in [1.54, 1.807) is 16.7 Å². The number of rotatable bonds is 2. The predicted molar refractivity (Wildman–Crippen MR) is 69.8 cm³/mol. The number of imidazole rings is 1. The maximum absolute atomic E-state index is 11.9. The van der Waals surface area contributed by atoms with E-state index in [0.29, 0.717) is 23.5 Å². The van der Waals surface area contributed by atoms with Gasteiger partial charge in [0.1, 0.15) is 11.3 Å². The molecular weight excluding hydrogens is 230 g/mol. The molecule has 5 heteroatoms. The Kier molecular flexibility index (Phi) is 2.83. The van der Waals surface area contributed by atoms with Gasteiger partial charge in [0.2, 0.25) is 0 Å². The van der Waals surface area contributed by atoms with Gasteiger partial charge in [0.15, 0.2) is 0 Å². The van der Waals surface area contributed by atoms with Crippen molar-refractivity contribution in [2.45, 2.75) is 19.4 Å². The van der Waals surface area contributed by atoms with Crippen molar-refractivity contribution < 1.29 is 5.11 Å². The third-order valence-electron chi connectivity index (χ3n) is 3.61. The standard InChI is InChI=1S/C13H17N3O2/c17-11-5-1-4-10-12(11)16(13(18)15-10)8-9-3-2-6-14-7-9/h1,4-5,9,14,17H,2-3,6-8H2,(H,15,18). The second-order valence-corrected chi connectivity index (χ2v) is 4.93. The van der Waals surface area contributed by atoms with Crippen molar-refractivity contribution in [3.05, 3.63) is 28.7 Å². The molecule has 3 rings (SSSR count). The molecule has 0 spiro atoms. The fourth-order valence-electron chi connectivity index (χ4n) is 2.71. The second-order valence-electron chi connectivity index (χ2n) is 4.93. The zero-order valence-corrected chi connectivity index (χ0v) is 10.1. The zero-order valence-electron chi connectivity index (χ0n) is 10.1. The number of nitrogens with zero attached hydrogens (tertiary/aromatic N) is 1. The third-order valence-corrected chi connectivity index (χ3v) is 3.61. The van der Waals surface area contributed by atoms with Crippen LogP contribution in [0.1, 0.15) is 12.8 Å². The first-order valence-electron chi connectivity index (χ1n) is 6.37. The van der Waals surface area contributed by atoms with E-state index >= 15 is 0 Å². The summed E-state index contributed by atoms with van der Waals surface area (Å²) in [6, 6.07) is 5.16. The van der Waals surface area contributed by atoms with E-state index in [0.717, 1.165) is 25.9 Å². The van der Waals surface area contributed by atoms with Crippen LogP contribution in [0.4, 0.5) is 0 Å². The number of hydrogen-bond acceptors (Lipinski definition) is 3. The largest absolute Gasteiger partial charge is 0.506 e. The molecule has 0 saturated carbocycles. The maximum Gasteiger partial charge on any atom is 0.326 e. The average molecular weight is 247 g/mol. The van der Waals surface area contributed by atoms with E-state index in [9.17, 15) is 9.90 Å². The third kappa shape index (κ3) is 1.90. The SMILES string of the molecule is O=c1[nH]c2cccc(O)c2n1CC1CCCNC1. The van der Waals surface area contributed by atoms with Crippen LogP contribution in [0.5, 0.6) is 5.75 Å². The van der Waals surface area contributed by atoms with Crippen molar-refractivity contribution in [3.8, 4) is 5.75 Å². The normalized spacial score (nSPS) is 20.3. The number of benzene rings is 1. The molecule has 18 heavy (non-hydrogen) atoms. The van der Waals surface area contributed by atoms with Crippen molar-refractivity contribution in [1.29, 1.82) is 0 Å². The molecule has 1 saturated heterocycles. The first-order chi connectivity index (χ1) is 8.75. The molecule has 0 radical (unpaired) electrons. The molecule has 96 valence electrons. The molecule has 0 aliphatic carbocycles. The molecule has 1 atom stereocenters. The minimum absolute atomic E-state index is 0.142. The molecule has 0 amide bonds. The van der Waals surface area contributed by atoms with Gasteiger partial charge in [-0.15, -0.1) is 0 Å². The Morgan fingerprint density at radius 2 is 2.33 bits per heavy atom. The Labute approximate surface area is 104 Å². The van der Waals surface area contributed by atoms with E-state index in [1.165, 1.54) is 0 Å². The molecule has 3 N–H and O–H groups in total. The van der Waals surface area contributed by atoms with Gasteiger partial charge >= 0.3 is 5.69 Å². The number of phenolic OH excluding ortho intramolecular Hbond substituents is 1. The fraction of sp³-hybridized carbons (Fsp3) is 0.462. The first kappa shape index (κ1) is 11.3. The molecular formula is C13H17N3O2. The minimum Gasteiger partial charge on any atom is -0.506 e. The van der Waals surface area contributed by atoms with Gasteiger partial charge in [-0.3, -0.25) is 4.57 Å². The number of aromatic nitrogens is 2. The molecule has 2 heterocycles. The van der Waals surface area contributed by atoms with Gasteiger partial charge in [-0.25, -0.2) is 4.79 Å². The average Bonchev–Trinajstić information content (AvgIpc) is 2.69. The molecule has 1 aliphatic heterocycles. The number of para-hydroxylation sites is 1. The van der Waals surface area contributed by atoms with Crippen LogP contribution < -0.4 is 11.0 Å². The van der Waals surface area contributed by atoms with E-state index in [4.69, 9.17) is 0 Å². The Morgan fingerprint density at radius 1 is 1.44 bits per heavy atom. The Balaban J connectivity index is 2.00. The summed E-state index contributed by atoms with van der Waals surface area (Å²) in [6.45, 7) is 2.65. The highest BCUT2D eigenvalue weighted by atomic mass is 16.3. The smallest absolute Gasteiger partial charge is 0.326 e. The van der Waals surface area contributed by atoms with E-state index in [-0.39, 0.29) is 11.4 Å². The maximum atomic E-state index is 11.9. The van der Waals surface area contributed by atoms with Crippen LogP contribution in [0, 0.1) is 5.92 Å². The number of nitrogens with one attached hydrogen (secondary N) is 2. The lowest BCUT2D eigenvalue weighted by Gasteiger charge is -2.22. The van der Waals surface area contributed by atoms with Gasteiger partial charge in [0.05, 0.1) is 5.52 Å². The van der Waals surface area contributed by atoms with Gasteiger partial charge in [-0.05, 0) is 44.0 Å². The quantitative estimate of drug-likeness (QED) is 0.742. The number of hydrogen-bond donors (Lipinski definition) is 3. The van der Waals surface area contributed by atoms with Gasteiger partial charge in [0, 0.05) is 6.54 Å². The molecule has 1 aliphatic rings. The monoisotopic (exact) mass is 247 g/mol. The highest BCUT2D eigenvalue weighted by molar-refractivity contribution is 5.81. The zero-order chi connectivity index (χ0) is 12.5. The molecule has 0 bridgehead atoms. The molecule has 1 aromatic heterocycles. The fourth-order valence-corrected chi connectivity index (χ4v) is 2.71. The van der Waals surface area contributed by atoms with Crippen LogP contribution in [0.25, 0.3) is 11.0 Å². The molecule has 1 unspecified atom stereocenters. The van der Waals surface area contributed by atoms with Gasteiger partial charge in [-0.1, -0.05) is 6.07 Å². The number of H-pyrrole nitrogens is 1. The summed E-state index contributed by atoms with van der Waals surface area (Å²) in [4.78, 5) is 14.7. The van der Waals surface area contributed by atoms with Crippen molar-refractivity contribution in [2.24, 2.45) is 5.92 Å².